The van der Waals surface area contributed by atoms with E-state index in [1.807, 2.05) is 23.5 Å². The molecule has 0 bridgehead atoms. The largest absolute Gasteiger partial charge is 0.481 e. The van der Waals surface area contributed by atoms with Gasteiger partial charge in [-0.15, -0.1) is 23.5 Å². The first kappa shape index (κ1) is 17.7. The summed E-state index contributed by atoms with van der Waals surface area (Å²) in [6, 6.07) is 0. The number of carboxylic acids is 1. The van der Waals surface area contributed by atoms with Crippen LogP contribution >= 0.6 is 23.5 Å². The molecule has 20 heavy (non-hydrogen) atoms. The van der Waals surface area contributed by atoms with Crippen molar-refractivity contribution in [2.75, 3.05) is 12.9 Å². The predicted molar refractivity (Wildman–Crippen MR) is 84.2 cm³/mol. The highest BCUT2D eigenvalue weighted by Crippen LogP contribution is 2.49. The van der Waals surface area contributed by atoms with E-state index in [1.165, 1.54) is 13.5 Å². The second-order valence-electron chi connectivity index (χ2n) is 5.23. The molecule has 1 rings (SSSR count). The van der Waals surface area contributed by atoms with E-state index in [1.54, 1.807) is 0 Å². The molecule has 1 saturated heterocycles. The van der Waals surface area contributed by atoms with Crippen LogP contribution in [-0.2, 0) is 14.3 Å². The van der Waals surface area contributed by atoms with Crippen LogP contribution in [0.4, 0.5) is 0 Å². The molecule has 0 spiro atoms. The van der Waals surface area contributed by atoms with Gasteiger partial charge < -0.3 is 9.84 Å². The van der Waals surface area contributed by atoms with E-state index >= 15 is 0 Å². The van der Waals surface area contributed by atoms with Crippen molar-refractivity contribution in [2.45, 2.75) is 61.2 Å². The molecule has 1 heterocycles. The smallest absolute Gasteiger partial charge is 0.305 e. The van der Waals surface area contributed by atoms with Crippen LogP contribution in [0.15, 0.2) is 0 Å². The standard InChI is InChI=1S/C14H24O4S2/c1-14(9-7-13(17)18-2)19-10-8-11(20-14)5-3-4-6-12(15)16/h11H,3-10H2,1-2H3,(H,15,16). The maximum absolute atomic E-state index is 11.3. The minimum atomic E-state index is -0.709. The third kappa shape index (κ3) is 6.88. The minimum Gasteiger partial charge on any atom is -0.481 e. The molecule has 0 aromatic carbocycles. The third-order valence-electron chi connectivity index (χ3n) is 3.44. The van der Waals surface area contributed by atoms with Gasteiger partial charge in [-0.3, -0.25) is 9.59 Å². The van der Waals surface area contributed by atoms with Gasteiger partial charge in [0.1, 0.15) is 0 Å². The van der Waals surface area contributed by atoms with E-state index in [-0.39, 0.29) is 16.5 Å². The Balaban J connectivity index is 2.29. The Labute approximate surface area is 129 Å². The van der Waals surface area contributed by atoms with E-state index in [9.17, 15) is 9.59 Å². The van der Waals surface area contributed by atoms with Crippen LogP contribution in [0, 0.1) is 0 Å². The van der Waals surface area contributed by atoms with Gasteiger partial charge in [-0.25, -0.2) is 0 Å². The Bertz CT molecular complexity index is 335. The van der Waals surface area contributed by atoms with Crippen molar-refractivity contribution in [3.63, 3.8) is 0 Å². The monoisotopic (exact) mass is 320 g/mol. The molecular weight excluding hydrogens is 296 g/mol. The number of esters is 1. The van der Waals surface area contributed by atoms with E-state index in [0.29, 0.717) is 11.7 Å². The lowest BCUT2D eigenvalue weighted by atomic mass is 10.1. The number of thioether (sulfide) groups is 2. The number of hydrogen-bond acceptors (Lipinski definition) is 5. The van der Waals surface area contributed by atoms with Crippen LogP contribution in [0.5, 0.6) is 0 Å². The topological polar surface area (TPSA) is 63.6 Å². The van der Waals surface area contributed by atoms with Gasteiger partial charge in [-0.05, 0) is 38.4 Å². The number of carboxylic acid groups (broad SMARTS) is 1. The zero-order valence-electron chi connectivity index (χ0n) is 12.2. The lowest BCUT2D eigenvalue weighted by Gasteiger charge is -2.37. The molecule has 6 heteroatoms. The average molecular weight is 320 g/mol. The fraction of sp³-hybridized carbons (Fsp3) is 0.857. The Kier molecular flexibility index (Phi) is 7.80. The molecule has 4 nitrogen and oxygen atoms in total. The molecule has 0 aromatic rings. The van der Waals surface area contributed by atoms with Gasteiger partial charge in [0.15, 0.2) is 0 Å². The first-order valence-corrected chi connectivity index (χ1v) is 8.92. The van der Waals surface area contributed by atoms with Crippen LogP contribution in [0.3, 0.4) is 0 Å². The SMILES string of the molecule is COC(=O)CCC1(C)SCCC(CCCCC(=O)O)S1. The Morgan fingerprint density at radius 2 is 2.10 bits per heavy atom. The summed E-state index contributed by atoms with van der Waals surface area (Å²) in [5, 5.41) is 9.22. The molecule has 0 aromatic heterocycles. The van der Waals surface area contributed by atoms with Crippen molar-refractivity contribution < 1.29 is 19.4 Å². The molecule has 1 N–H and O–H groups in total. The summed E-state index contributed by atoms with van der Waals surface area (Å²) >= 11 is 3.88. The zero-order valence-corrected chi connectivity index (χ0v) is 13.9. The highest BCUT2D eigenvalue weighted by Gasteiger charge is 2.33. The van der Waals surface area contributed by atoms with Gasteiger partial charge in [0.2, 0.25) is 0 Å². The van der Waals surface area contributed by atoms with Crippen molar-refractivity contribution in [3.8, 4) is 0 Å². The highest BCUT2D eigenvalue weighted by atomic mass is 32.2. The summed E-state index contributed by atoms with van der Waals surface area (Å²) in [5.74, 6) is 0.268. The first-order valence-electron chi connectivity index (χ1n) is 7.05. The van der Waals surface area contributed by atoms with Crippen LogP contribution in [0.2, 0.25) is 0 Å². The third-order valence-corrected chi connectivity index (χ3v) is 6.85. The number of aliphatic carboxylic acids is 1. The minimum absolute atomic E-state index is 0.0872. The maximum atomic E-state index is 11.3. The van der Waals surface area contributed by atoms with E-state index in [2.05, 4.69) is 6.92 Å². The molecule has 0 amide bonds. The summed E-state index contributed by atoms with van der Waals surface area (Å²) in [5.41, 5.74) is 0. The van der Waals surface area contributed by atoms with Crippen molar-refractivity contribution in [1.82, 2.24) is 0 Å². The molecule has 0 saturated carbocycles. The summed E-state index contributed by atoms with van der Waals surface area (Å²) in [6.07, 6.45) is 5.56. The van der Waals surface area contributed by atoms with Crippen molar-refractivity contribution >= 4 is 35.5 Å². The summed E-state index contributed by atoms with van der Waals surface area (Å²) in [7, 11) is 1.43. The van der Waals surface area contributed by atoms with Gasteiger partial charge in [-0.1, -0.05) is 6.42 Å². The second kappa shape index (κ2) is 8.82. The number of methoxy groups -OCH3 is 1. The van der Waals surface area contributed by atoms with Gasteiger partial charge in [-0.2, -0.15) is 0 Å². The number of carbonyl (C=O) groups is 2. The number of carbonyl (C=O) groups excluding carboxylic acids is 1. The lowest BCUT2D eigenvalue weighted by Crippen LogP contribution is -2.27. The first-order chi connectivity index (χ1) is 9.45. The van der Waals surface area contributed by atoms with Crippen LogP contribution < -0.4 is 0 Å². The molecule has 0 aliphatic carbocycles. The average Bonchev–Trinajstić information content (AvgIpc) is 2.41. The van der Waals surface area contributed by atoms with E-state index in [4.69, 9.17) is 9.84 Å². The van der Waals surface area contributed by atoms with Crippen LogP contribution in [0.25, 0.3) is 0 Å². The highest BCUT2D eigenvalue weighted by molar-refractivity contribution is 8.19. The predicted octanol–water partition coefficient (Wildman–Crippen LogP) is 3.54. The Morgan fingerprint density at radius 1 is 1.35 bits per heavy atom. The van der Waals surface area contributed by atoms with E-state index < -0.39 is 5.97 Å². The molecule has 1 aliphatic rings. The summed E-state index contributed by atoms with van der Waals surface area (Å²) in [6.45, 7) is 2.20. The number of ether oxygens (including phenoxy) is 1. The van der Waals surface area contributed by atoms with Gasteiger partial charge >= 0.3 is 11.9 Å². The molecule has 2 atom stereocenters. The summed E-state index contributed by atoms with van der Waals surface area (Å²) < 4.78 is 4.79. The Hall–Kier alpha value is -0.360. The van der Waals surface area contributed by atoms with Gasteiger partial charge in [0, 0.05) is 18.1 Å². The summed E-state index contributed by atoms with van der Waals surface area (Å²) in [4.78, 5) is 21.7. The van der Waals surface area contributed by atoms with Crippen molar-refractivity contribution in [1.29, 1.82) is 0 Å². The van der Waals surface area contributed by atoms with Gasteiger partial charge in [0.05, 0.1) is 11.2 Å². The molecule has 1 fully saturated rings. The van der Waals surface area contributed by atoms with Crippen molar-refractivity contribution in [3.05, 3.63) is 0 Å². The Morgan fingerprint density at radius 3 is 2.75 bits per heavy atom. The molecular formula is C14H24O4S2. The number of unbranched alkanes of at least 4 members (excludes halogenated alkanes) is 1. The second-order valence-corrected chi connectivity index (χ2v) is 8.89. The fourth-order valence-electron chi connectivity index (χ4n) is 2.27. The quantitative estimate of drug-likeness (QED) is 0.545. The number of rotatable bonds is 8. The maximum Gasteiger partial charge on any atom is 0.305 e. The van der Waals surface area contributed by atoms with Crippen LogP contribution in [-0.4, -0.2) is 39.2 Å². The molecule has 0 radical (unpaired) electrons. The molecule has 1 aliphatic heterocycles. The fourth-order valence-corrected chi connectivity index (χ4v) is 5.87. The molecule has 2 unspecified atom stereocenters. The van der Waals surface area contributed by atoms with Crippen LogP contribution in [0.1, 0.15) is 51.9 Å². The lowest BCUT2D eigenvalue weighted by molar-refractivity contribution is -0.140. The molecule has 116 valence electrons. The van der Waals surface area contributed by atoms with Crippen molar-refractivity contribution in [2.24, 2.45) is 0 Å². The normalized spacial score (nSPS) is 26.2. The van der Waals surface area contributed by atoms with Gasteiger partial charge in [0.25, 0.3) is 0 Å². The zero-order chi connectivity index (χ0) is 15.0. The van der Waals surface area contributed by atoms with E-state index in [0.717, 1.165) is 31.4 Å². The number of hydrogen-bond donors (Lipinski definition) is 1.